The second-order valence-corrected chi connectivity index (χ2v) is 8.33. The molecule has 2 aliphatic heterocycles. The van der Waals surface area contributed by atoms with Gasteiger partial charge in [-0.05, 0) is 24.6 Å². The first-order valence-corrected chi connectivity index (χ1v) is 11.4. The Morgan fingerprint density at radius 2 is 1.90 bits per heavy atom. The highest BCUT2D eigenvalue weighted by molar-refractivity contribution is 8.13. The molecule has 7 nitrogen and oxygen atoms in total. The molecule has 162 valence electrons. The van der Waals surface area contributed by atoms with Gasteiger partial charge in [-0.2, -0.15) is 0 Å². The van der Waals surface area contributed by atoms with E-state index < -0.39 is 6.17 Å². The summed E-state index contributed by atoms with van der Waals surface area (Å²) < 4.78 is 10.9. The third-order valence-electron chi connectivity index (χ3n) is 5.21. The maximum Gasteiger partial charge on any atom is 0.276 e. The Labute approximate surface area is 185 Å². The molecule has 0 spiro atoms. The van der Waals surface area contributed by atoms with E-state index in [-0.39, 0.29) is 5.91 Å². The van der Waals surface area contributed by atoms with Crippen LogP contribution in [0.3, 0.4) is 0 Å². The van der Waals surface area contributed by atoms with Crippen LogP contribution in [0.1, 0.15) is 37.9 Å². The zero-order valence-electron chi connectivity index (χ0n) is 17.9. The fourth-order valence-electron chi connectivity index (χ4n) is 3.64. The summed E-state index contributed by atoms with van der Waals surface area (Å²) in [6.07, 6.45) is 2.91. The van der Waals surface area contributed by atoms with Gasteiger partial charge < -0.3 is 9.47 Å². The van der Waals surface area contributed by atoms with E-state index in [0.29, 0.717) is 22.4 Å². The summed E-state index contributed by atoms with van der Waals surface area (Å²) in [5.74, 6) is 1.99. The molecule has 1 amide bonds. The number of nitrogens with zero attached hydrogens (tertiary/aromatic N) is 3. The summed E-state index contributed by atoms with van der Waals surface area (Å²) in [5.41, 5.74) is 1.36. The summed E-state index contributed by atoms with van der Waals surface area (Å²) in [7, 11) is 3.20. The number of carbonyl (C=O) groups excluding carboxylic acids is 1. The van der Waals surface area contributed by atoms with Gasteiger partial charge in [0, 0.05) is 16.5 Å². The third-order valence-corrected chi connectivity index (χ3v) is 6.16. The molecule has 8 heteroatoms. The van der Waals surface area contributed by atoms with Crippen molar-refractivity contribution in [2.45, 2.75) is 32.4 Å². The number of unbranched alkanes of at least 4 members (excludes halogenated alkanes) is 2. The number of carbonyl (C=O) groups is 1. The molecule has 4 rings (SSSR count). The van der Waals surface area contributed by atoms with E-state index in [4.69, 9.17) is 19.6 Å². The number of amides is 1. The summed E-state index contributed by atoms with van der Waals surface area (Å²) in [6, 6.07) is 13.3. The molecule has 0 saturated carbocycles. The molecule has 2 aliphatic rings. The lowest BCUT2D eigenvalue weighted by atomic mass is 10.1. The van der Waals surface area contributed by atoms with Crippen LogP contribution in [0, 0.1) is 0 Å². The largest absolute Gasteiger partial charge is 0.493 e. The van der Waals surface area contributed by atoms with Gasteiger partial charge >= 0.3 is 0 Å². The second kappa shape index (κ2) is 9.43. The van der Waals surface area contributed by atoms with Crippen molar-refractivity contribution >= 4 is 28.5 Å². The Bertz CT molecular complexity index is 1130. The number of hydrogen-bond acceptors (Lipinski definition) is 7. The standard InChI is InChI=1S/C23H26N4O3S/c1-4-5-8-13-31-23-25-22(28)20-16-9-6-7-10-17(16)24-21(27(20)26-23)15-11-12-18(29-2)19(14-15)30-3/h6-7,9-12,14,21H,4-5,8,13H2,1-3H3,(H,25,26,28)/t21-/m0/s1. The van der Waals surface area contributed by atoms with Gasteiger partial charge in [0.15, 0.2) is 22.8 Å². The molecular formula is C23H26N4O3S. The molecule has 2 aromatic rings. The molecule has 1 N–H and O–H groups in total. The van der Waals surface area contributed by atoms with Crippen molar-refractivity contribution in [3.63, 3.8) is 0 Å². The lowest BCUT2D eigenvalue weighted by molar-refractivity contribution is -0.116. The van der Waals surface area contributed by atoms with Gasteiger partial charge in [-0.3, -0.25) is 15.1 Å². The van der Waals surface area contributed by atoms with Crippen LogP contribution < -0.4 is 25.4 Å². The number of fused-ring (bicyclic) bond motifs is 2. The van der Waals surface area contributed by atoms with Crippen molar-refractivity contribution in [2.75, 3.05) is 20.0 Å². The van der Waals surface area contributed by atoms with E-state index in [9.17, 15) is 4.79 Å². The van der Waals surface area contributed by atoms with E-state index in [0.717, 1.165) is 41.2 Å². The number of benzene rings is 2. The molecule has 31 heavy (non-hydrogen) atoms. The number of hydrogen-bond donors (Lipinski definition) is 1. The summed E-state index contributed by atoms with van der Waals surface area (Å²) in [4.78, 5) is 18.0. The summed E-state index contributed by atoms with van der Waals surface area (Å²) in [5, 5.41) is 11.6. The van der Waals surface area contributed by atoms with Crippen LogP contribution in [0.25, 0.3) is 5.70 Å². The Kier molecular flexibility index (Phi) is 6.46. The van der Waals surface area contributed by atoms with Crippen LogP contribution in [0.4, 0.5) is 0 Å². The van der Waals surface area contributed by atoms with E-state index in [1.54, 1.807) is 31.0 Å². The molecule has 0 bridgehead atoms. The van der Waals surface area contributed by atoms with E-state index in [2.05, 4.69) is 12.2 Å². The van der Waals surface area contributed by atoms with Crippen molar-refractivity contribution in [3.8, 4) is 11.5 Å². The zero-order valence-corrected chi connectivity index (χ0v) is 18.7. The number of nitrogens with one attached hydrogen (secondary N) is 1. The van der Waals surface area contributed by atoms with Crippen LogP contribution in [0.2, 0.25) is 0 Å². The second-order valence-electron chi connectivity index (χ2n) is 7.24. The molecular weight excluding hydrogens is 412 g/mol. The first-order chi connectivity index (χ1) is 15.2. The maximum absolute atomic E-state index is 13.1. The molecule has 0 radical (unpaired) electrons. The first kappa shape index (κ1) is 21.2. The lowest BCUT2D eigenvalue weighted by Gasteiger charge is -2.34. The highest BCUT2D eigenvalue weighted by Crippen LogP contribution is 2.35. The van der Waals surface area contributed by atoms with E-state index in [1.165, 1.54) is 0 Å². The molecule has 1 atom stereocenters. The summed E-state index contributed by atoms with van der Waals surface area (Å²) >= 11 is 1.57. The Balaban J connectivity index is 1.79. The van der Waals surface area contributed by atoms with Gasteiger partial charge in [0.2, 0.25) is 0 Å². The van der Waals surface area contributed by atoms with Crippen LogP contribution in [0.15, 0.2) is 52.6 Å². The molecule has 0 saturated heterocycles. The number of thioether (sulfide) groups is 1. The predicted octanol–water partition coefficient (Wildman–Crippen LogP) is 2.77. The van der Waals surface area contributed by atoms with Gasteiger partial charge in [0.1, 0.15) is 5.70 Å². The quantitative estimate of drug-likeness (QED) is 0.673. The molecule has 2 heterocycles. The molecule has 0 aromatic heterocycles. The van der Waals surface area contributed by atoms with Gasteiger partial charge in [0.25, 0.3) is 5.91 Å². The molecule has 0 fully saturated rings. The topological polar surface area (TPSA) is 75.5 Å². The summed E-state index contributed by atoms with van der Waals surface area (Å²) in [6.45, 7) is 2.17. The predicted molar refractivity (Wildman–Crippen MR) is 122 cm³/mol. The number of amidine groups is 1. The van der Waals surface area contributed by atoms with Crippen LogP contribution in [0.5, 0.6) is 11.5 Å². The Morgan fingerprint density at radius 1 is 1.10 bits per heavy atom. The van der Waals surface area contributed by atoms with E-state index in [1.807, 2.05) is 42.5 Å². The number of ether oxygens (including phenoxy) is 2. The minimum atomic E-state index is -0.484. The van der Waals surface area contributed by atoms with Crippen LogP contribution in [-0.2, 0) is 4.79 Å². The van der Waals surface area contributed by atoms with Crippen molar-refractivity contribution in [3.05, 3.63) is 58.6 Å². The van der Waals surface area contributed by atoms with Crippen LogP contribution in [-0.4, -0.2) is 36.1 Å². The average Bonchev–Trinajstić information content (AvgIpc) is 2.80. The van der Waals surface area contributed by atoms with Gasteiger partial charge in [-0.15, -0.1) is 5.10 Å². The highest BCUT2D eigenvalue weighted by Gasteiger charge is 2.34. The number of methoxy groups -OCH3 is 2. The van der Waals surface area contributed by atoms with Crippen molar-refractivity contribution < 1.29 is 14.3 Å². The molecule has 2 aromatic carbocycles. The highest BCUT2D eigenvalue weighted by atomic mass is 32.2. The fourth-order valence-corrected chi connectivity index (χ4v) is 4.50. The van der Waals surface area contributed by atoms with Gasteiger partial charge in [0.05, 0.1) is 19.6 Å². The van der Waals surface area contributed by atoms with Gasteiger partial charge in [-0.1, -0.05) is 55.8 Å². The molecule has 0 aliphatic carbocycles. The minimum Gasteiger partial charge on any atom is -0.493 e. The molecule has 0 unspecified atom stereocenters. The third kappa shape index (κ3) is 4.25. The monoisotopic (exact) mass is 438 g/mol. The lowest BCUT2D eigenvalue weighted by Crippen LogP contribution is -2.50. The van der Waals surface area contributed by atoms with Crippen molar-refractivity contribution in [1.82, 2.24) is 10.3 Å². The van der Waals surface area contributed by atoms with Crippen molar-refractivity contribution in [2.24, 2.45) is 10.1 Å². The maximum atomic E-state index is 13.1. The Morgan fingerprint density at radius 3 is 2.68 bits per heavy atom. The van der Waals surface area contributed by atoms with Crippen molar-refractivity contribution in [1.29, 1.82) is 0 Å². The normalized spacial score (nSPS) is 17.2. The van der Waals surface area contributed by atoms with E-state index >= 15 is 0 Å². The smallest absolute Gasteiger partial charge is 0.276 e. The SMILES string of the molecule is CCCCCSC1=NN2C(=c3ccccc3=N[C@@H]2c2ccc(OC)c(OC)c2)C(=O)N1. The zero-order chi connectivity index (χ0) is 21.8. The minimum absolute atomic E-state index is 0.166. The van der Waals surface area contributed by atoms with Crippen LogP contribution >= 0.6 is 11.8 Å². The van der Waals surface area contributed by atoms with Gasteiger partial charge in [-0.25, -0.2) is 5.01 Å². The fraction of sp³-hybridized carbons (Fsp3) is 0.348. The average molecular weight is 439 g/mol. The first-order valence-electron chi connectivity index (χ1n) is 10.4. The number of hydrazone groups is 1. The Hall–Kier alpha value is -3.00. The number of rotatable bonds is 7. The number of para-hydroxylation sites is 1.